The average molecular weight is 701 g/mol. The fourth-order valence-corrected chi connectivity index (χ4v) is 7.09. The molecular formula is C41H44N6O5. The smallest absolute Gasteiger partial charge is 0.410 e. The highest BCUT2D eigenvalue weighted by atomic mass is 16.6. The monoisotopic (exact) mass is 700 g/mol. The van der Waals surface area contributed by atoms with Gasteiger partial charge in [-0.3, -0.25) is 19.9 Å². The minimum absolute atomic E-state index is 0.0238. The summed E-state index contributed by atoms with van der Waals surface area (Å²) < 4.78 is 5.77. The second-order valence-corrected chi connectivity index (χ2v) is 13.7. The Morgan fingerprint density at radius 2 is 1.56 bits per heavy atom. The van der Waals surface area contributed by atoms with Crippen LogP contribution in [-0.2, 0) is 24.3 Å². The molecule has 4 aromatic carbocycles. The zero-order chi connectivity index (χ0) is 36.3. The Morgan fingerprint density at radius 3 is 2.23 bits per heavy atom. The number of rotatable bonds is 13. The van der Waals surface area contributed by atoms with E-state index in [1.54, 1.807) is 40.1 Å². The van der Waals surface area contributed by atoms with E-state index in [9.17, 15) is 25.0 Å². The molecule has 11 heteroatoms. The lowest BCUT2D eigenvalue weighted by Crippen LogP contribution is -2.57. The maximum absolute atomic E-state index is 14.1. The summed E-state index contributed by atoms with van der Waals surface area (Å²) in [6.45, 7) is 5.10. The summed E-state index contributed by atoms with van der Waals surface area (Å²) in [5.41, 5.74) is 4.14. The number of piperidine rings is 1. The van der Waals surface area contributed by atoms with E-state index in [2.05, 4.69) is 35.2 Å². The van der Waals surface area contributed by atoms with Crippen LogP contribution in [-0.4, -0.2) is 77.6 Å². The number of ether oxygens (including phenoxy) is 1. The number of anilines is 1. The average Bonchev–Trinajstić information content (AvgIpc) is 3.18. The molecule has 2 heterocycles. The molecule has 2 fully saturated rings. The third-order valence-corrected chi connectivity index (χ3v) is 9.90. The van der Waals surface area contributed by atoms with Crippen LogP contribution in [0.3, 0.4) is 0 Å². The molecule has 0 bridgehead atoms. The molecule has 0 aliphatic carbocycles. The van der Waals surface area contributed by atoms with Gasteiger partial charge in [0.1, 0.15) is 6.61 Å². The maximum Gasteiger partial charge on any atom is 0.410 e. The Kier molecular flexibility index (Phi) is 12.1. The number of urea groups is 1. The first-order valence-corrected chi connectivity index (χ1v) is 17.9. The van der Waals surface area contributed by atoms with E-state index in [1.165, 1.54) is 17.7 Å². The topological polar surface area (TPSA) is 123 Å². The normalized spacial score (nSPS) is 16.7. The van der Waals surface area contributed by atoms with Gasteiger partial charge >= 0.3 is 12.1 Å². The highest BCUT2D eigenvalue weighted by Crippen LogP contribution is 2.28. The van der Waals surface area contributed by atoms with Crippen LogP contribution in [0.15, 0.2) is 109 Å². The zero-order valence-corrected chi connectivity index (χ0v) is 29.3. The molecule has 0 radical (unpaired) electrons. The van der Waals surface area contributed by atoms with Gasteiger partial charge in [-0.25, -0.2) is 9.59 Å². The van der Waals surface area contributed by atoms with E-state index < -0.39 is 11.0 Å². The van der Waals surface area contributed by atoms with Crippen molar-refractivity contribution in [3.8, 4) is 6.07 Å². The number of carbonyl (C=O) groups excluding carboxylic acids is 2. The standard InChI is InChI=1S/C41H44N6O5/c42-25-36-12-7-13-39(24-36)46-30-37(29-45(40(46)48)27-34-18-21-43(22-19-34)26-33-10-5-2-6-11-33)28-44(23-20-32-8-3-1-4-9-32)41(49)52-31-35-14-16-38(17-15-35)47(50)51/h1-17,24,34,37H,18-23,26-31H2. The van der Waals surface area contributed by atoms with E-state index in [1.807, 2.05) is 47.4 Å². The van der Waals surface area contributed by atoms with Gasteiger partial charge in [0, 0.05) is 63.0 Å². The molecule has 2 aliphatic heterocycles. The fourth-order valence-electron chi connectivity index (χ4n) is 7.09. The van der Waals surface area contributed by atoms with Crippen molar-refractivity contribution in [1.82, 2.24) is 14.7 Å². The Balaban J connectivity index is 1.17. The van der Waals surface area contributed by atoms with Crippen LogP contribution >= 0.6 is 0 Å². The van der Waals surface area contributed by atoms with Crippen LogP contribution in [0.1, 0.15) is 35.1 Å². The number of carbonyl (C=O) groups is 2. The van der Waals surface area contributed by atoms with Gasteiger partial charge < -0.3 is 14.5 Å². The summed E-state index contributed by atoms with van der Waals surface area (Å²) in [6, 6.07) is 35.6. The second kappa shape index (κ2) is 17.5. The van der Waals surface area contributed by atoms with Gasteiger partial charge in [0.15, 0.2) is 0 Å². The van der Waals surface area contributed by atoms with Crippen molar-refractivity contribution >= 4 is 23.5 Å². The van der Waals surface area contributed by atoms with Crippen LogP contribution in [0.5, 0.6) is 0 Å². The third-order valence-electron chi connectivity index (χ3n) is 9.90. The molecule has 0 N–H and O–H groups in total. The molecule has 6 rings (SSSR count). The van der Waals surface area contributed by atoms with E-state index in [-0.39, 0.29) is 24.2 Å². The van der Waals surface area contributed by atoms with Gasteiger partial charge in [-0.05, 0) is 85.3 Å². The molecule has 1 unspecified atom stereocenters. The lowest BCUT2D eigenvalue weighted by molar-refractivity contribution is -0.384. The summed E-state index contributed by atoms with van der Waals surface area (Å²) in [5, 5.41) is 20.7. The van der Waals surface area contributed by atoms with E-state index in [0.717, 1.165) is 38.0 Å². The molecular weight excluding hydrogens is 656 g/mol. The summed E-state index contributed by atoms with van der Waals surface area (Å²) in [4.78, 5) is 46.3. The number of hydrogen-bond acceptors (Lipinski definition) is 7. The molecule has 4 aromatic rings. The first kappa shape index (κ1) is 36.1. The Bertz CT molecular complexity index is 1840. The fraction of sp³-hybridized carbons (Fsp3) is 0.341. The molecule has 0 spiro atoms. The largest absolute Gasteiger partial charge is 0.445 e. The van der Waals surface area contributed by atoms with Crippen molar-refractivity contribution in [3.63, 3.8) is 0 Å². The molecule has 11 nitrogen and oxygen atoms in total. The summed E-state index contributed by atoms with van der Waals surface area (Å²) >= 11 is 0. The van der Waals surface area contributed by atoms with Crippen LogP contribution < -0.4 is 4.90 Å². The molecule has 52 heavy (non-hydrogen) atoms. The van der Waals surface area contributed by atoms with Crippen molar-refractivity contribution < 1.29 is 19.2 Å². The van der Waals surface area contributed by atoms with Crippen LogP contribution in [0.25, 0.3) is 0 Å². The SMILES string of the molecule is N#Cc1cccc(N2CC(CN(CCc3ccccc3)C(=O)OCc3ccc([N+](=O)[O-])cc3)CN(CC3CCN(Cc4ccccc4)CC3)C2=O)c1. The third kappa shape index (κ3) is 9.74. The van der Waals surface area contributed by atoms with Gasteiger partial charge in [0.25, 0.3) is 5.69 Å². The summed E-state index contributed by atoms with van der Waals surface area (Å²) in [5.74, 6) is 0.257. The lowest BCUT2D eigenvalue weighted by Gasteiger charge is -2.43. The first-order chi connectivity index (χ1) is 25.3. The lowest BCUT2D eigenvalue weighted by atomic mass is 9.94. The zero-order valence-electron chi connectivity index (χ0n) is 29.3. The highest BCUT2D eigenvalue weighted by Gasteiger charge is 2.36. The number of nitro groups is 1. The number of hydrogen-bond donors (Lipinski definition) is 0. The Hall–Kier alpha value is -5.73. The molecule has 3 amide bonds. The summed E-state index contributed by atoms with van der Waals surface area (Å²) in [6.07, 6.45) is 2.12. The predicted octanol–water partition coefficient (Wildman–Crippen LogP) is 7.12. The number of nitro benzene ring substituents is 1. The van der Waals surface area contributed by atoms with Crippen molar-refractivity contribution in [2.45, 2.75) is 32.4 Å². The minimum atomic E-state index is -0.485. The highest BCUT2D eigenvalue weighted by molar-refractivity contribution is 5.93. The number of likely N-dealkylation sites (tertiary alicyclic amines) is 1. The summed E-state index contributed by atoms with van der Waals surface area (Å²) in [7, 11) is 0. The number of benzene rings is 4. The van der Waals surface area contributed by atoms with E-state index in [4.69, 9.17) is 4.74 Å². The second-order valence-electron chi connectivity index (χ2n) is 13.7. The quantitative estimate of drug-likeness (QED) is 0.108. The van der Waals surface area contributed by atoms with Gasteiger partial charge in [-0.1, -0.05) is 66.7 Å². The number of nitrogens with zero attached hydrogens (tertiary/aromatic N) is 6. The molecule has 0 saturated carbocycles. The molecule has 0 aromatic heterocycles. The van der Waals surface area contributed by atoms with Gasteiger partial charge in [0.2, 0.25) is 0 Å². The van der Waals surface area contributed by atoms with Crippen molar-refractivity contribution in [1.29, 1.82) is 5.26 Å². The molecule has 1 atom stereocenters. The number of nitriles is 1. The van der Waals surface area contributed by atoms with Gasteiger partial charge in [-0.2, -0.15) is 5.26 Å². The van der Waals surface area contributed by atoms with Crippen molar-refractivity contribution in [2.24, 2.45) is 11.8 Å². The number of non-ortho nitro benzene ring substituents is 1. The van der Waals surface area contributed by atoms with Crippen molar-refractivity contribution in [2.75, 3.05) is 50.7 Å². The number of amides is 3. The maximum atomic E-state index is 14.1. The molecule has 268 valence electrons. The van der Waals surface area contributed by atoms with Crippen LogP contribution in [0, 0.1) is 33.3 Å². The minimum Gasteiger partial charge on any atom is -0.445 e. The van der Waals surface area contributed by atoms with Crippen molar-refractivity contribution in [3.05, 3.63) is 142 Å². The predicted molar refractivity (Wildman–Crippen MR) is 198 cm³/mol. The van der Waals surface area contributed by atoms with Gasteiger partial charge in [0.05, 0.1) is 16.6 Å². The van der Waals surface area contributed by atoms with Crippen LogP contribution in [0.2, 0.25) is 0 Å². The van der Waals surface area contributed by atoms with Crippen LogP contribution in [0.4, 0.5) is 21.0 Å². The Morgan fingerprint density at radius 1 is 0.865 bits per heavy atom. The molecule has 2 saturated heterocycles. The van der Waals surface area contributed by atoms with E-state index >= 15 is 0 Å². The van der Waals surface area contributed by atoms with E-state index in [0.29, 0.717) is 61.9 Å². The first-order valence-electron chi connectivity index (χ1n) is 17.9. The van der Waals surface area contributed by atoms with Gasteiger partial charge in [-0.15, -0.1) is 0 Å². The molecule has 2 aliphatic rings. The Labute approximate surface area is 304 Å².